The van der Waals surface area contributed by atoms with Crippen molar-refractivity contribution in [2.75, 3.05) is 53.5 Å². The lowest BCUT2D eigenvalue weighted by molar-refractivity contribution is 0.0696. The fraction of sp³-hybridized carbons (Fsp3) is 0.533. The molecular weight excluding hydrogens is 272 g/mol. The lowest BCUT2D eigenvalue weighted by Gasteiger charge is -2.32. The van der Waals surface area contributed by atoms with Crippen LogP contribution in [0.2, 0.25) is 0 Å². The number of likely N-dealkylation sites (N-methyl/N-ethyl adjacent to an activating group) is 1. The number of benzene rings is 1. The Kier molecular flexibility index (Phi) is 5.41. The maximum absolute atomic E-state index is 11.0. The molecule has 0 bridgehead atoms. The highest BCUT2D eigenvalue weighted by Crippen LogP contribution is 2.28. The summed E-state index contributed by atoms with van der Waals surface area (Å²) in [5.41, 5.74) is 0.199. The van der Waals surface area contributed by atoms with E-state index in [4.69, 9.17) is 14.6 Å². The number of aromatic carboxylic acids is 1. The Labute approximate surface area is 124 Å². The number of carboxylic acids is 1. The Morgan fingerprint density at radius 2 is 1.95 bits per heavy atom. The zero-order chi connectivity index (χ0) is 15.2. The van der Waals surface area contributed by atoms with Crippen molar-refractivity contribution >= 4 is 5.97 Å². The molecule has 2 rings (SSSR count). The van der Waals surface area contributed by atoms with Crippen molar-refractivity contribution < 1.29 is 19.4 Å². The van der Waals surface area contributed by atoms with Gasteiger partial charge in [-0.1, -0.05) is 0 Å². The van der Waals surface area contributed by atoms with Crippen LogP contribution in [0.1, 0.15) is 10.4 Å². The summed E-state index contributed by atoms with van der Waals surface area (Å²) < 4.78 is 10.9. The molecular formula is C15H22N2O4. The number of rotatable bonds is 6. The van der Waals surface area contributed by atoms with Gasteiger partial charge in [0.05, 0.1) is 12.7 Å². The van der Waals surface area contributed by atoms with E-state index in [9.17, 15) is 4.79 Å². The molecule has 21 heavy (non-hydrogen) atoms. The molecule has 1 aromatic rings. The van der Waals surface area contributed by atoms with E-state index in [1.807, 2.05) is 0 Å². The van der Waals surface area contributed by atoms with Crippen LogP contribution < -0.4 is 9.47 Å². The lowest BCUT2D eigenvalue weighted by atomic mass is 10.2. The predicted octanol–water partition coefficient (Wildman–Crippen LogP) is 1.02. The second kappa shape index (κ2) is 7.28. The summed E-state index contributed by atoms with van der Waals surface area (Å²) in [5.74, 6) is 0.0616. The molecule has 1 heterocycles. The Hall–Kier alpha value is -1.79. The quantitative estimate of drug-likeness (QED) is 0.845. The first-order valence-electron chi connectivity index (χ1n) is 7.05. The van der Waals surface area contributed by atoms with Crippen LogP contribution in [0.5, 0.6) is 11.5 Å². The molecule has 1 aromatic carbocycles. The first kappa shape index (κ1) is 15.6. The molecule has 0 radical (unpaired) electrons. The number of carboxylic acid groups (broad SMARTS) is 1. The smallest absolute Gasteiger partial charge is 0.335 e. The maximum Gasteiger partial charge on any atom is 0.335 e. The maximum atomic E-state index is 11.0. The molecule has 1 aliphatic rings. The van der Waals surface area contributed by atoms with Crippen LogP contribution in [0.15, 0.2) is 18.2 Å². The summed E-state index contributed by atoms with van der Waals surface area (Å²) in [7, 11) is 3.67. The van der Waals surface area contributed by atoms with Crippen molar-refractivity contribution in [3.63, 3.8) is 0 Å². The van der Waals surface area contributed by atoms with Crippen LogP contribution >= 0.6 is 0 Å². The normalized spacial score (nSPS) is 16.7. The number of ether oxygens (including phenoxy) is 2. The molecule has 0 amide bonds. The number of methoxy groups -OCH3 is 1. The van der Waals surface area contributed by atoms with Crippen LogP contribution in [0, 0.1) is 0 Å². The van der Waals surface area contributed by atoms with Crippen molar-refractivity contribution in [1.29, 1.82) is 0 Å². The number of hydrogen-bond donors (Lipinski definition) is 1. The highest BCUT2D eigenvalue weighted by Gasteiger charge is 2.14. The summed E-state index contributed by atoms with van der Waals surface area (Å²) in [6.07, 6.45) is 0. The Balaban J connectivity index is 1.89. The SMILES string of the molecule is COc1ccc(C(=O)O)cc1OCCN1CCN(C)CC1. The molecule has 0 atom stereocenters. The summed E-state index contributed by atoms with van der Waals surface area (Å²) >= 11 is 0. The van der Waals surface area contributed by atoms with Gasteiger partial charge in [0, 0.05) is 32.7 Å². The molecule has 0 aliphatic carbocycles. The minimum atomic E-state index is -0.971. The van der Waals surface area contributed by atoms with Crippen molar-refractivity contribution in [2.24, 2.45) is 0 Å². The second-order valence-electron chi connectivity index (χ2n) is 5.16. The summed E-state index contributed by atoms with van der Waals surface area (Å²) in [6, 6.07) is 4.63. The van der Waals surface area contributed by atoms with Crippen molar-refractivity contribution in [3.05, 3.63) is 23.8 Å². The van der Waals surface area contributed by atoms with E-state index in [-0.39, 0.29) is 5.56 Å². The predicted molar refractivity (Wildman–Crippen MR) is 79.4 cm³/mol. The van der Waals surface area contributed by atoms with Crippen LogP contribution in [-0.4, -0.2) is 74.4 Å². The van der Waals surface area contributed by atoms with Crippen LogP contribution in [0.4, 0.5) is 0 Å². The Morgan fingerprint density at radius 1 is 1.24 bits per heavy atom. The largest absolute Gasteiger partial charge is 0.493 e. The summed E-state index contributed by atoms with van der Waals surface area (Å²) in [4.78, 5) is 15.6. The van der Waals surface area contributed by atoms with Crippen LogP contribution in [-0.2, 0) is 0 Å². The van der Waals surface area contributed by atoms with Crippen molar-refractivity contribution in [1.82, 2.24) is 9.80 Å². The number of carbonyl (C=O) groups is 1. The van der Waals surface area contributed by atoms with Gasteiger partial charge in [-0.25, -0.2) is 4.79 Å². The van der Waals surface area contributed by atoms with Gasteiger partial charge in [-0.15, -0.1) is 0 Å². The lowest BCUT2D eigenvalue weighted by Crippen LogP contribution is -2.45. The molecule has 6 nitrogen and oxygen atoms in total. The standard InChI is InChI=1S/C15H22N2O4/c1-16-5-7-17(8-6-16)9-10-21-14-11-12(15(18)19)3-4-13(14)20-2/h3-4,11H,5-10H2,1-2H3,(H,18,19). The first-order valence-corrected chi connectivity index (χ1v) is 7.05. The topological polar surface area (TPSA) is 62.2 Å². The average Bonchev–Trinajstić information content (AvgIpc) is 2.49. The van der Waals surface area contributed by atoms with Gasteiger partial charge < -0.3 is 19.5 Å². The molecule has 0 spiro atoms. The summed E-state index contributed by atoms with van der Waals surface area (Å²) in [5, 5.41) is 9.02. The van der Waals surface area contributed by atoms with Crippen LogP contribution in [0.3, 0.4) is 0 Å². The minimum absolute atomic E-state index is 0.199. The molecule has 6 heteroatoms. The van der Waals surface area contributed by atoms with Gasteiger partial charge in [-0.2, -0.15) is 0 Å². The van der Waals surface area contributed by atoms with Gasteiger partial charge in [-0.05, 0) is 25.2 Å². The number of hydrogen-bond acceptors (Lipinski definition) is 5. The van der Waals surface area contributed by atoms with Gasteiger partial charge in [0.25, 0.3) is 0 Å². The van der Waals surface area contributed by atoms with Gasteiger partial charge in [-0.3, -0.25) is 4.90 Å². The molecule has 0 unspecified atom stereocenters. The fourth-order valence-corrected chi connectivity index (χ4v) is 2.28. The van der Waals surface area contributed by atoms with Gasteiger partial charge >= 0.3 is 5.97 Å². The zero-order valence-corrected chi connectivity index (χ0v) is 12.5. The fourth-order valence-electron chi connectivity index (χ4n) is 2.28. The van der Waals surface area contributed by atoms with Gasteiger partial charge in [0.2, 0.25) is 0 Å². The molecule has 0 aromatic heterocycles. The third kappa shape index (κ3) is 4.34. The van der Waals surface area contributed by atoms with E-state index in [2.05, 4.69) is 16.8 Å². The summed E-state index contributed by atoms with van der Waals surface area (Å²) in [6.45, 7) is 5.55. The average molecular weight is 294 g/mol. The zero-order valence-electron chi connectivity index (χ0n) is 12.5. The third-order valence-corrected chi connectivity index (χ3v) is 3.67. The Morgan fingerprint density at radius 3 is 2.57 bits per heavy atom. The molecule has 1 N–H and O–H groups in total. The van der Waals surface area contributed by atoms with Crippen molar-refractivity contribution in [3.8, 4) is 11.5 Å². The van der Waals surface area contributed by atoms with E-state index in [1.54, 1.807) is 13.2 Å². The van der Waals surface area contributed by atoms with Gasteiger partial charge in [0.1, 0.15) is 6.61 Å². The van der Waals surface area contributed by atoms with E-state index in [1.165, 1.54) is 12.1 Å². The monoisotopic (exact) mass is 294 g/mol. The molecule has 1 aliphatic heterocycles. The Bertz CT molecular complexity index is 485. The van der Waals surface area contributed by atoms with E-state index in [0.717, 1.165) is 32.7 Å². The van der Waals surface area contributed by atoms with E-state index in [0.29, 0.717) is 18.1 Å². The molecule has 1 fully saturated rings. The number of nitrogens with zero attached hydrogens (tertiary/aromatic N) is 2. The molecule has 116 valence electrons. The first-order chi connectivity index (χ1) is 10.1. The van der Waals surface area contributed by atoms with Gasteiger partial charge in [0.15, 0.2) is 11.5 Å². The van der Waals surface area contributed by atoms with Crippen molar-refractivity contribution in [2.45, 2.75) is 0 Å². The third-order valence-electron chi connectivity index (χ3n) is 3.67. The van der Waals surface area contributed by atoms with E-state index < -0.39 is 5.97 Å². The van der Waals surface area contributed by atoms with Crippen LogP contribution in [0.25, 0.3) is 0 Å². The molecule has 0 saturated carbocycles. The van der Waals surface area contributed by atoms with E-state index >= 15 is 0 Å². The second-order valence-corrected chi connectivity index (χ2v) is 5.16. The minimum Gasteiger partial charge on any atom is -0.493 e. The number of piperazine rings is 1. The molecule has 1 saturated heterocycles. The highest BCUT2D eigenvalue weighted by molar-refractivity contribution is 5.88. The highest BCUT2D eigenvalue weighted by atomic mass is 16.5.